The number of nitrogens with one attached hydrogen (secondary N) is 1. The van der Waals surface area contributed by atoms with Gasteiger partial charge in [0.15, 0.2) is 5.65 Å². The fraction of sp³-hybridized carbons (Fsp3) is 0.571. The summed E-state index contributed by atoms with van der Waals surface area (Å²) in [7, 11) is 0. The molecule has 1 fully saturated rings. The van der Waals surface area contributed by atoms with Crippen LogP contribution in [-0.4, -0.2) is 21.1 Å². The molecule has 0 aromatic carbocycles. The van der Waals surface area contributed by atoms with Crippen LogP contribution in [0.4, 0.5) is 5.95 Å². The summed E-state index contributed by atoms with van der Waals surface area (Å²) in [4.78, 5) is 4.53. The molecule has 102 valence electrons. The monoisotopic (exact) mass is 322 g/mol. The van der Waals surface area contributed by atoms with Crippen LogP contribution in [0.2, 0.25) is 0 Å². The molecule has 0 bridgehead atoms. The van der Waals surface area contributed by atoms with Gasteiger partial charge in [-0.3, -0.25) is 0 Å². The molecule has 2 heterocycles. The molecule has 0 radical (unpaired) electrons. The van der Waals surface area contributed by atoms with Gasteiger partial charge in [-0.15, -0.1) is 5.10 Å². The third kappa shape index (κ3) is 2.48. The maximum absolute atomic E-state index is 4.53. The summed E-state index contributed by atoms with van der Waals surface area (Å²) < 4.78 is 2.78. The van der Waals surface area contributed by atoms with Crippen LogP contribution in [0.25, 0.3) is 5.65 Å². The van der Waals surface area contributed by atoms with Gasteiger partial charge >= 0.3 is 0 Å². The van der Waals surface area contributed by atoms with Crippen molar-refractivity contribution in [1.82, 2.24) is 14.6 Å². The van der Waals surface area contributed by atoms with E-state index in [2.05, 4.69) is 38.3 Å². The lowest BCUT2D eigenvalue weighted by molar-refractivity contribution is 0.306. The van der Waals surface area contributed by atoms with Gasteiger partial charge in [-0.2, -0.15) is 4.98 Å². The number of halogens is 1. The smallest absolute Gasteiger partial charge is 0.243 e. The standard InChI is InChI=1S/C14H19BrN4/c1-2-14(7-3-4-8-14)10-16-13-17-12-11(15)6-5-9-19(12)18-13/h5-6,9H,2-4,7-8,10H2,1H3,(H,16,18). The zero-order valence-corrected chi connectivity index (χ0v) is 12.8. The normalized spacial score (nSPS) is 18.0. The van der Waals surface area contributed by atoms with E-state index in [9.17, 15) is 0 Å². The number of hydrogen-bond acceptors (Lipinski definition) is 3. The number of nitrogens with zero attached hydrogens (tertiary/aromatic N) is 3. The van der Waals surface area contributed by atoms with Crippen molar-refractivity contribution in [2.75, 3.05) is 11.9 Å². The minimum atomic E-state index is 0.453. The van der Waals surface area contributed by atoms with Gasteiger partial charge in [-0.25, -0.2) is 4.52 Å². The Balaban J connectivity index is 1.76. The van der Waals surface area contributed by atoms with Crippen molar-refractivity contribution in [3.8, 4) is 0 Å². The van der Waals surface area contributed by atoms with Crippen molar-refractivity contribution in [3.05, 3.63) is 22.8 Å². The minimum absolute atomic E-state index is 0.453. The highest BCUT2D eigenvalue weighted by molar-refractivity contribution is 9.10. The van der Waals surface area contributed by atoms with Crippen molar-refractivity contribution in [2.24, 2.45) is 5.41 Å². The molecule has 1 saturated carbocycles. The molecule has 1 aliphatic rings. The van der Waals surface area contributed by atoms with Gasteiger partial charge in [0.05, 0.1) is 4.47 Å². The summed E-state index contributed by atoms with van der Waals surface area (Å²) in [5.74, 6) is 0.728. The minimum Gasteiger partial charge on any atom is -0.352 e. The first kappa shape index (κ1) is 12.9. The first-order chi connectivity index (χ1) is 9.22. The molecule has 0 amide bonds. The van der Waals surface area contributed by atoms with Gasteiger partial charge in [-0.05, 0) is 52.7 Å². The van der Waals surface area contributed by atoms with E-state index in [-0.39, 0.29) is 0 Å². The summed E-state index contributed by atoms with van der Waals surface area (Å²) in [5.41, 5.74) is 1.32. The average molecular weight is 323 g/mol. The predicted octanol–water partition coefficient (Wildman–Crippen LogP) is 3.87. The highest BCUT2D eigenvalue weighted by Gasteiger charge is 2.31. The summed E-state index contributed by atoms with van der Waals surface area (Å²) in [6.45, 7) is 3.28. The highest BCUT2D eigenvalue weighted by Crippen LogP contribution is 2.40. The molecule has 5 heteroatoms. The molecule has 0 saturated heterocycles. The molecule has 4 nitrogen and oxygen atoms in total. The van der Waals surface area contributed by atoms with Crippen molar-refractivity contribution in [2.45, 2.75) is 39.0 Å². The average Bonchev–Trinajstić information content (AvgIpc) is 3.04. The maximum atomic E-state index is 4.53. The fourth-order valence-corrected chi connectivity index (χ4v) is 3.42. The Labute approximate surface area is 121 Å². The molecule has 19 heavy (non-hydrogen) atoms. The van der Waals surface area contributed by atoms with Crippen LogP contribution in [-0.2, 0) is 0 Å². The predicted molar refractivity (Wildman–Crippen MR) is 80.4 cm³/mol. The summed E-state index contributed by atoms with van der Waals surface area (Å²) in [5, 5.41) is 7.90. The first-order valence-electron chi connectivity index (χ1n) is 6.97. The largest absolute Gasteiger partial charge is 0.352 e. The van der Waals surface area contributed by atoms with Crippen LogP contribution in [0, 0.1) is 5.41 Å². The van der Waals surface area contributed by atoms with E-state index in [0.717, 1.165) is 22.6 Å². The van der Waals surface area contributed by atoms with Gasteiger partial charge in [-0.1, -0.05) is 19.8 Å². The number of rotatable bonds is 4. The lowest BCUT2D eigenvalue weighted by atomic mass is 9.83. The van der Waals surface area contributed by atoms with Crippen molar-refractivity contribution in [1.29, 1.82) is 0 Å². The van der Waals surface area contributed by atoms with E-state index in [0.29, 0.717) is 5.41 Å². The molecule has 0 aliphatic heterocycles. The number of fused-ring (bicyclic) bond motifs is 1. The lowest BCUT2D eigenvalue weighted by Crippen LogP contribution is -2.26. The molecule has 0 spiro atoms. The Morgan fingerprint density at radius 1 is 1.42 bits per heavy atom. The maximum Gasteiger partial charge on any atom is 0.243 e. The van der Waals surface area contributed by atoms with Crippen LogP contribution >= 0.6 is 15.9 Å². The quantitative estimate of drug-likeness (QED) is 0.928. The Hall–Kier alpha value is -1.10. The molecule has 2 aromatic heterocycles. The number of aromatic nitrogens is 3. The van der Waals surface area contributed by atoms with Gasteiger partial charge in [0.2, 0.25) is 5.95 Å². The van der Waals surface area contributed by atoms with Crippen molar-refractivity contribution < 1.29 is 0 Å². The zero-order chi connectivity index (χ0) is 13.3. The molecule has 0 atom stereocenters. The summed E-state index contributed by atoms with van der Waals surface area (Å²) >= 11 is 3.50. The molecule has 1 N–H and O–H groups in total. The Morgan fingerprint density at radius 2 is 2.21 bits per heavy atom. The summed E-state index contributed by atoms with van der Waals surface area (Å²) in [6.07, 6.45) is 8.53. The number of hydrogen-bond donors (Lipinski definition) is 1. The van der Waals surface area contributed by atoms with Crippen LogP contribution in [0.5, 0.6) is 0 Å². The third-order valence-corrected chi connectivity index (χ3v) is 4.97. The van der Waals surface area contributed by atoms with E-state index >= 15 is 0 Å². The SMILES string of the molecule is CCC1(CNc2nc3c(Br)cccn3n2)CCCC1. The van der Waals surface area contributed by atoms with Crippen LogP contribution in [0.3, 0.4) is 0 Å². The number of anilines is 1. The van der Waals surface area contributed by atoms with E-state index < -0.39 is 0 Å². The van der Waals surface area contributed by atoms with Crippen LogP contribution < -0.4 is 5.32 Å². The van der Waals surface area contributed by atoms with E-state index in [1.54, 1.807) is 4.52 Å². The second kappa shape index (κ2) is 5.12. The van der Waals surface area contributed by atoms with Gasteiger partial charge in [0, 0.05) is 12.7 Å². The van der Waals surface area contributed by atoms with Crippen LogP contribution in [0.15, 0.2) is 22.8 Å². The lowest BCUT2D eigenvalue weighted by Gasteiger charge is -2.27. The Kier molecular flexibility index (Phi) is 3.48. The van der Waals surface area contributed by atoms with Crippen molar-refractivity contribution in [3.63, 3.8) is 0 Å². The highest BCUT2D eigenvalue weighted by atomic mass is 79.9. The van der Waals surface area contributed by atoms with E-state index in [4.69, 9.17) is 0 Å². The topological polar surface area (TPSA) is 42.2 Å². The molecule has 1 aliphatic carbocycles. The molecule has 2 aromatic rings. The van der Waals surface area contributed by atoms with Gasteiger partial charge < -0.3 is 5.32 Å². The van der Waals surface area contributed by atoms with Crippen LogP contribution in [0.1, 0.15) is 39.0 Å². The molecule has 0 unspecified atom stereocenters. The van der Waals surface area contributed by atoms with Crippen molar-refractivity contribution >= 4 is 27.5 Å². The fourth-order valence-electron chi connectivity index (χ4n) is 3.00. The first-order valence-corrected chi connectivity index (χ1v) is 7.76. The molecular weight excluding hydrogens is 304 g/mol. The van der Waals surface area contributed by atoms with Gasteiger partial charge in [0.1, 0.15) is 0 Å². The number of pyridine rings is 1. The Bertz CT molecular complexity index is 572. The van der Waals surface area contributed by atoms with E-state index in [1.807, 2.05) is 18.3 Å². The Morgan fingerprint density at radius 3 is 2.89 bits per heavy atom. The van der Waals surface area contributed by atoms with Gasteiger partial charge in [0.25, 0.3) is 0 Å². The summed E-state index contributed by atoms with van der Waals surface area (Å²) in [6, 6.07) is 3.94. The second-order valence-electron chi connectivity index (χ2n) is 5.47. The molecule has 3 rings (SSSR count). The van der Waals surface area contributed by atoms with E-state index in [1.165, 1.54) is 32.1 Å². The zero-order valence-electron chi connectivity index (χ0n) is 11.2. The second-order valence-corrected chi connectivity index (χ2v) is 6.33. The third-order valence-electron chi connectivity index (χ3n) is 4.35. The molecular formula is C14H19BrN4.